The number of likely N-dealkylation sites (tertiary alicyclic amines) is 1. The van der Waals surface area contributed by atoms with E-state index in [1.54, 1.807) is 0 Å². The quantitative estimate of drug-likeness (QED) is 0.393. The van der Waals surface area contributed by atoms with Crippen molar-refractivity contribution in [2.24, 2.45) is 0 Å². The summed E-state index contributed by atoms with van der Waals surface area (Å²) in [4.78, 5) is 23.8. The summed E-state index contributed by atoms with van der Waals surface area (Å²) in [6.07, 6.45) is 0. The van der Waals surface area contributed by atoms with Gasteiger partial charge >= 0.3 is 0 Å². The van der Waals surface area contributed by atoms with Crippen molar-refractivity contribution in [1.82, 2.24) is 10.2 Å². The maximum absolute atomic E-state index is 11.2. The number of imide groups is 1. The topological polar surface area (TPSA) is 59.3 Å². The lowest BCUT2D eigenvalue weighted by Gasteiger charge is -2.19. The lowest BCUT2D eigenvalue weighted by Crippen LogP contribution is -2.42. The second kappa shape index (κ2) is 1.82. The second-order valence-electron chi connectivity index (χ2n) is 3.26. The van der Waals surface area contributed by atoms with Crippen LogP contribution in [0.4, 0.5) is 0 Å². The summed E-state index contributed by atoms with van der Waals surface area (Å²) in [6.45, 7) is 3.70. The average Bonchev–Trinajstić information content (AvgIpc) is 2.59. The highest BCUT2D eigenvalue weighted by Crippen LogP contribution is 2.26. The number of hydrogen-bond acceptors (Lipinski definition) is 3. The SMILES string of the molecule is CC(C)N1C(=O)C2NC2C1=O. The molecule has 0 spiro atoms. The number of nitrogens with zero attached hydrogens (tertiary/aromatic N) is 1. The van der Waals surface area contributed by atoms with Gasteiger partial charge in [0, 0.05) is 6.04 Å². The van der Waals surface area contributed by atoms with Gasteiger partial charge < -0.3 is 0 Å². The van der Waals surface area contributed by atoms with Crippen molar-refractivity contribution in [2.45, 2.75) is 32.0 Å². The zero-order valence-corrected chi connectivity index (χ0v) is 6.50. The zero-order chi connectivity index (χ0) is 8.17. The van der Waals surface area contributed by atoms with Crippen LogP contribution >= 0.6 is 0 Å². The number of piperazine rings is 1. The summed E-state index contributed by atoms with van der Waals surface area (Å²) in [5.41, 5.74) is 0. The number of carbonyl (C=O) groups is 2. The maximum atomic E-state index is 11.2. The Morgan fingerprint density at radius 2 is 1.73 bits per heavy atom. The fourth-order valence-corrected chi connectivity index (χ4v) is 1.48. The van der Waals surface area contributed by atoms with E-state index in [0.717, 1.165) is 0 Å². The molecule has 2 aliphatic rings. The van der Waals surface area contributed by atoms with Crippen LogP contribution in [-0.2, 0) is 9.59 Å². The fourth-order valence-electron chi connectivity index (χ4n) is 1.48. The summed E-state index contributed by atoms with van der Waals surface area (Å²) < 4.78 is 0. The van der Waals surface area contributed by atoms with Crippen molar-refractivity contribution >= 4 is 11.8 Å². The molecule has 1 N–H and O–H groups in total. The summed E-state index contributed by atoms with van der Waals surface area (Å²) >= 11 is 0. The molecule has 0 bridgehead atoms. The molecule has 0 saturated carbocycles. The van der Waals surface area contributed by atoms with Gasteiger partial charge in [-0.1, -0.05) is 0 Å². The standard InChI is InChI=1S/C7H10N2O2/c1-3(2)9-6(10)4-5(8-4)7(9)11/h3-5,8H,1-2H3. The van der Waals surface area contributed by atoms with Crippen molar-refractivity contribution in [1.29, 1.82) is 0 Å². The summed E-state index contributed by atoms with van der Waals surface area (Å²) in [6, 6.07) is -0.376. The maximum Gasteiger partial charge on any atom is 0.248 e. The van der Waals surface area contributed by atoms with Crippen LogP contribution in [0, 0.1) is 0 Å². The third-order valence-corrected chi connectivity index (χ3v) is 2.11. The molecule has 2 heterocycles. The van der Waals surface area contributed by atoms with E-state index in [1.165, 1.54) is 4.90 Å². The Balaban J connectivity index is 2.23. The first-order valence-corrected chi connectivity index (χ1v) is 3.76. The van der Waals surface area contributed by atoms with Gasteiger partial charge in [0.05, 0.1) is 0 Å². The molecule has 60 valence electrons. The Hall–Kier alpha value is -0.900. The van der Waals surface area contributed by atoms with Gasteiger partial charge in [-0.15, -0.1) is 0 Å². The Kier molecular flexibility index (Phi) is 1.12. The molecule has 4 heteroatoms. The highest BCUT2D eigenvalue weighted by atomic mass is 16.2. The van der Waals surface area contributed by atoms with E-state index in [1.807, 2.05) is 13.8 Å². The van der Waals surface area contributed by atoms with Gasteiger partial charge in [-0.25, -0.2) is 0 Å². The van der Waals surface area contributed by atoms with E-state index in [-0.39, 0.29) is 29.9 Å². The summed E-state index contributed by atoms with van der Waals surface area (Å²) in [5, 5.41) is 2.81. The molecule has 2 saturated heterocycles. The van der Waals surface area contributed by atoms with Crippen molar-refractivity contribution in [3.8, 4) is 0 Å². The monoisotopic (exact) mass is 154 g/mol. The highest BCUT2D eigenvalue weighted by molar-refractivity contribution is 6.13. The van der Waals surface area contributed by atoms with Crippen LogP contribution in [-0.4, -0.2) is 34.8 Å². The van der Waals surface area contributed by atoms with Gasteiger partial charge in [-0.05, 0) is 13.8 Å². The number of carbonyl (C=O) groups excluding carboxylic acids is 2. The molecule has 0 aromatic heterocycles. The molecule has 2 atom stereocenters. The van der Waals surface area contributed by atoms with Crippen LogP contribution < -0.4 is 5.32 Å². The van der Waals surface area contributed by atoms with Gasteiger partial charge in [0.1, 0.15) is 12.1 Å². The van der Waals surface area contributed by atoms with Crippen LogP contribution in [0.25, 0.3) is 0 Å². The molecule has 0 radical (unpaired) electrons. The number of amides is 2. The van der Waals surface area contributed by atoms with E-state index >= 15 is 0 Å². The second-order valence-corrected chi connectivity index (χ2v) is 3.26. The van der Waals surface area contributed by atoms with Crippen molar-refractivity contribution < 1.29 is 9.59 Å². The first kappa shape index (κ1) is 6.79. The Labute approximate surface area is 64.5 Å². The lowest BCUT2D eigenvalue weighted by molar-refractivity contribution is -0.142. The van der Waals surface area contributed by atoms with Crippen molar-refractivity contribution in [3.05, 3.63) is 0 Å². The van der Waals surface area contributed by atoms with Crippen molar-refractivity contribution in [2.75, 3.05) is 0 Å². The number of fused-ring (bicyclic) bond motifs is 1. The van der Waals surface area contributed by atoms with Gasteiger partial charge in [0.2, 0.25) is 11.8 Å². The molecule has 2 fully saturated rings. The van der Waals surface area contributed by atoms with Gasteiger partial charge in [-0.2, -0.15) is 0 Å². The lowest BCUT2D eigenvalue weighted by atomic mass is 10.3. The molecule has 2 amide bonds. The van der Waals surface area contributed by atoms with E-state index in [2.05, 4.69) is 5.32 Å². The first-order valence-electron chi connectivity index (χ1n) is 3.76. The summed E-state index contributed by atoms with van der Waals surface area (Å²) in [7, 11) is 0. The van der Waals surface area contributed by atoms with E-state index in [4.69, 9.17) is 0 Å². The van der Waals surface area contributed by atoms with Crippen LogP contribution in [0.3, 0.4) is 0 Å². The fraction of sp³-hybridized carbons (Fsp3) is 0.714. The number of rotatable bonds is 1. The molecular weight excluding hydrogens is 144 g/mol. The van der Waals surface area contributed by atoms with Crippen LogP contribution in [0.1, 0.15) is 13.8 Å². The van der Waals surface area contributed by atoms with E-state index in [0.29, 0.717) is 0 Å². The van der Waals surface area contributed by atoms with Crippen LogP contribution in [0.5, 0.6) is 0 Å². The molecule has 2 unspecified atom stereocenters. The predicted octanol–water partition coefficient (Wildman–Crippen LogP) is -0.896. The minimum atomic E-state index is -0.190. The largest absolute Gasteiger partial charge is 0.291 e. The smallest absolute Gasteiger partial charge is 0.248 e. The molecular formula is C7H10N2O2. The molecule has 2 aliphatic heterocycles. The number of nitrogens with one attached hydrogen (secondary N) is 1. The molecule has 2 rings (SSSR count). The average molecular weight is 154 g/mol. The van der Waals surface area contributed by atoms with E-state index in [9.17, 15) is 9.59 Å². The number of hydrogen-bond donors (Lipinski definition) is 1. The molecule has 0 aliphatic carbocycles. The minimum Gasteiger partial charge on any atom is -0.291 e. The third kappa shape index (κ3) is 0.728. The minimum absolute atomic E-state index is 0.00426. The molecule has 11 heavy (non-hydrogen) atoms. The Morgan fingerprint density at radius 1 is 1.27 bits per heavy atom. The predicted molar refractivity (Wildman–Crippen MR) is 37.7 cm³/mol. The van der Waals surface area contributed by atoms with Gasteiger partial charge in [0.15, 0.2) is 0 Å². The Morgan fingerprint density at radius 3 is 2.00 bits per heavy atom. The van der Waals surface area contributed by atoms with E-state index < -0.39 is 0 Å². The normalized spacial score (nSPS) is 35.0. The van der Waals surface area contributed by atoms with Crippen molar-refractivity contribution in [3.63, 3.8) is 0 Å². The molecule has 0 aromatic carbocycles. The van der Waals surface area contributed by atoms with Crippen LogP contribution in [0.15, 0.2) is 0 Å². The van der Waals surface area contributed by atoms with Gasteiger partial charge in [-0.3, -0.25) is 19.8 Å². The molecule has 0 aromatic rings. The first-order chi connectivity index (χ1) is 5.13. The zero-order valence-electron chi connectivity index (χ0n) is 6.50. The summed E-state index contributed by atoms with van der Waals surface area (Å²) in [5.74, 6) is -0.120. The highest BCUT2D eigenvalue weighted by Gasteiger charge is 2.59. The van der Waals surface area contributed by atoms with Gasteiger partial charge in [0.25, 0.3) is 0 Å². The Bertz CT molecular complexity index is 217. The van der Waals surface area contributed by atoms with Crippen LogP contribution in [0.2, 0.25) is 0 Å². The third-order valence-electron chi connectivity index (χ3n) is 2.11. The molecule has 4 nitrogen and oxygen atoms in total.